The van der Waals surface area contributed by atoms with Crippen LogP contribution in [-0.4, -0.2) is 20.7 Å². The SMILES string of the molecule is CC(C)(C)OC(O)c1cnc2[nH]ccc2c1Cl. The van der Waals surface area contributed by atoms with Gasteiger partial charge in [0.15, 0.2) is 6.29 Å². The highest BCUT2D eigenvalue weighted by molar-refractivity contribution is 6.36. The second kappa shape index (κ2) is 4.29. The predicted octanol–water partition coefficient (Wildman–Crippen LogP) is 3.02. The van der Waals surface area contributed by atoms with E-state index in [1.807, 2.05) is 26.8 Å². The number of aromatic amines is 1. The van der Waals surface area contributed by atoms with Crippen LogP contribution in [0.3, 0.4) is 0 Å². The van der Waals surface area contributed by atoms with Gasteiger partial charge in [-0.2, -0.15) is 0 Å². The van der Waals surface area contributed by atoms with Crippen LogP contribution in [0, 0.1) is 0 Å². The number of hydrogen-bond donors (Lipinski definition) is 2. The van der Waals surface area contributed by atoms with E-state index >= 15 is 0 Å². The van der Waals surface area contributed by atoms with Crippen LogP contribution in [0.1, 0.15) is 32.6 Å². The molecule has 0 bridgehead atoms. The van der Waals surface area contributed by atoms with E-state index in [-0.39, 0.29) is 0 Å². The number of fused-ring (bicyclic) bond motifs is 1. The third kappa shape index (κ3) is 2.60. The van der Waals surface area contributed by atoms with E-state index < -0.39 is 11.9 Å². The van der Waals surface area contributed by atoms with Crippen LogP contribution in [0.2, 0.25) is 5.02 Å². The van der Waals surface area contributed by atoms with Gasteiger partial charge in [-0.3, -0.25) is 0 Å². The Bertz CT molecular complexity index is 531. The molecule has 2 aromatic heterocycles. The van der Waals surface area contributed by atoms with Crippen LogP contribution in [0.4, 0.5) is 0 Å². The summed E-state index contributed by atoms with van der Waals surface area (Å²) in [4.78, 5) is 7.13. The van der Waals surface area contributed by atoms with Crippen LogP contribution in [0.5, 0.6) is 0 Å². The molecule has 92 valence electrons. The molecule has 0 saturated carbocycles. The van der Waals surface area contributed by atoms with Crippen molar-refractivity contribution in [3.8, 4) is 0 Å². The highest BCUT2D eigenvalue weighted by atomic mass is 35.5. The van der Waals surface area contributed by atoms with Gasteiger partial charge in [0.1, 0.15) is 5.65 Å². The zero-order valence-corrected chi connectivity index (χ0v) is 10.7. The molecule has 2 rings (SSSR count). The van der Waals surface area contributed by atoms with E-state index in [1.54, 1.807) is 6.20 Å². The van der Waals surface area contributed by atoms with Crippen molar-refractivity contribution in [2.75, 3.05) is 0 Å². The number of aliphatic hydroxyl groups is 1. The summed E-state index contributed by atoms with van der Waals surface area (Å²) in [6.45, 7) is 5.60. The number of halogens is 1. The molecular formula is C12H15ClN2O2. The first kappa shape index (κ1) is 12.4. The number of aliphatic hydroxyl groups excluding tert-OH is 1. The Labute approximate surface area is 105 Å². The molecule has 0 amide bonds. The van der Waals surface area contributed by atoms with E-state index in [0.29, 0.717) is 16.2 Å². The van der Waals surface area contributed by atoms with Crippen LogP contribution in [0.25, 0.3) is 11.0 Å². The van der Waals surface area contributed by atoms with Crippen molar-refractivity contribution in [3.05, 3.63) is 29.0 Å². The lowest BCUT2D eigenvalue weighted by Gasteiger charge is -2.24. The Kier molecular flexibility index (Phi) is 3.12. The average Bonchev–Trinajstić information content (AvgIpc) is 2.63. The monoisotopic (exact) mass is 254 g/mol. The second-order valence-electron chi connectivity index (χ2n) is 4.85. The lowest BCUT2D eigenvalue weighted by molar-refractivity contribution is -0.169. The lowest BCUT2D eigenvalue weighted by atomic mass is 10.1. The van der Waals surface area contributed by atoms with Crippen molar-refractivity contribution in [3.63, 3.8) is 0 Å². The van der Waals surface area contributed by atoms with Crippen LogP contribution < -0.4 is 0 Å². The number of pyridine rings is 1. The van der Waals surface area contributed by atoms with E-state index in [4.69, 9.17) is 16.3 Å². The zero-order valence-electron chi connectivity index (χ0n) is 9.99. The maximum absolute atomic E-state index is 9.98. The van der Waals surface area contributed by atoms with Gasteiger partial charge in [0.25, 0.3) is 0 Å². The first-order valence-corrected chi connectivity index (χ1v) is 5.73. The summed E-state index contributed by atoms with van der Waals surface area (Å²) in [5.74, 6) is 0. The van der Waals surface area contributed by atoms with Gasteiger partial charge < -0.3 is 14.8 Å². The normalized spacial score (nSPS) is 14.2. The lowest BCUT2D eigenvalue weighted by Crippen LogP contribution is -2.22. The van der Waals surface area contributed by atoms with E-state index in [1.165, 1.54) is 6.20 Å². The summed E-state index contributed by atoms with van der Waals surface area (Å²) in [6.07, 6.45) is 2.20. The third-order valence-electron chi connectivity index (χ3n) is 2.28. The number of ether oxygens (including phenoxy) is 1. The fraction of sp³-hybridized carbons (Fsp3) is 0.417. The summed E-state index contributed by atoms with van der Waals surface area (Å²) in [6, 6.07) is 1.82. The predicted molar refractivity (Wildman–Crippen MR) is 66.9 cm³/mol. The maximum Gasteiger partial charge on any atom is 0.184 e. The number of hydrogen-bond acceptors (Lipinski definition) is 3. The maximum atomic E-state index is 9.98. The summed E-state index contributed by atoms with van der Waals surface area (Å²) in [5, 5.41) is 11.2. The molecule has 0 radical (unpaired) electrons. The Hall–Kier alpha value is -1.10. The Morgan fingerprint density at radius 1 is 1.47 bits per heavy atom. The smallest absolute Gasteiger partial charge is 0.184 e. The summed E-state index contributed by atoms with van der Waals surface area (Å²) in [5.41, 5.74) is 0.728. The van der Waals surface area contributed by atoms with Crippen molar-refractivity contribution in [2.45, 2.75) is 32.7 Å². The van der Waals surface area contributed by atoms with Gasteiger partial charge in [-0.25, -0.2) is 4.98 Å². The van der Waals surface area contributed by atoms with Gasteiger partial charge in [-0.1, -0.05) is 11.6 Å². The van der Waals surface area contributed by atoms with Crippen molar-refractivity contribution in [1.82, 2.24) is 9.97 Å². The third-order valence-corrected chi connectivity index (χ3v) is 2.70. The highest BCUT2D eigenvalue weighted by Gasteiger charge is 2.21. The molecule has 17 heavy (non-hydrogen) atoms. The number of rotatable bonds is 2. The first-order valence-electron chi connectivity index (χ1n) is 5.36. The molecule has 0 fully saturated rings. The quantitative estimate of drug-likeness (QED) is 0.810. The first-order chi connectivity index (χ1) is 7.88. The summed E-state index contributed by atoms with van der Waals surface area (Å²) >= 11 is 6.21. The standard InChI is InChI=1S/C12H15ClN2O2/c1-12(2,3)17-11(16)8-6-15-10-7(9(8)13)4-5-14-10/h4-6,11,16H,1-3H3,(H,14,15). The van der Waals surface area contributed by atoms with E-state index in [9.17, 15) is 5.11 Å². The van der Waals surface area contributed by atoms with Crippen LogP contribution >= 0.6 is 11.6 Å². The van der Waals surface area contributed by atoms with Crippen molar-refractivity contribution >= 4 is 22.6 Å². The highest BCUT2D eigenvalue weighted by Crippen LogP contribution is 2.31. The van der Waals surface area contributed by atoms with Crippen LogP contribution in [-0.2, 0) is 4.74 Å². The van der Waals surface area contributed by atoms with E-state index in [0.717, 1.165) is 5.39 Å². The number of aromatic nitrogens is 2. The minimum atomic E-state index is -1.07. The molecule has 1 unspecified atom stereocenters. The molecule has 0 saturated heterocycles. The molecule has 2 aromatic rings. The largest absolute Gasteiger partial charge is 0.364 e. The van der Waals surface area contributed by atoms with Gasteiger partial charge in [-0.15, -0.1) is 0 Å². The molecular weight excluding hydrogens is 240 g/mol. The fourth-order valence-electron chi connectivity index (χ4n) is 1.56. The molecule has 0 aliphatic carbocycles. The molecule has 5 heteroatoms. The number of nitrogens with zero attached hydrogens (tertiary/aromatic N) is 1. The Balaban J connectivity index is 2.38. The molecule has 0 spiro atoms. The zero-order chi connectivity index (χ0) is 12.6. The van der Waals surface area contributed by atoms with Crippen molar-refractivity contribution in [1.29, 1.82) is 0 Å². The fourth-order valence-corrected chi connectivity index (χ4v) is 1.86. The Morgan fingerprint density at radius 3 is 2.82 bits per heavy atom. The van der Waals surface area contributed by atoms with Gasteiger partial charge in [-0.05, 0) is 26.8 Å². The Morgan fingerprint density at radius 2 is 2.18 bits per heavy atom. The van der Waals surface area contributed by atoms with Gasteiger partial charge in [0, 0.05) is 23.3 Å². The average molecular weight is 255 g/mol. The molecule has 1 atom stereocenters. The van der Waals surface area contributed by atoms with Gasteiger partial charge in [0.2, 0.25) is 0 Å². The molecule has 0 aliphatic heterocycles. The summed E-state index contributed by atoms with van der Waals surface area (Å²) in [7, 11) is 0. The van der Waals surface area contributed by atoms with Crippen LogP contribution in [0.15, 0.2) is 18.5 Å². The van der Waals surface area contributed by atoms with E-state index in [2.05, 4.69) is 9.97 Å². The molecule has 4 nitrogen and oxygen atoms in total. The molecule has 2 N–H and O–H groups in total. The number of H-pyrrole nitrogens is 1. The van der Waals surface area contributed by atoms with Gasteiger partial charge in [0.05, 0.1) is 10.6 Å². The topological polar surface area (TPSA) is 58.1 Å². The summed E-state index contributed by atoms with van der Waals surface area (Å²) < 4.78 is 5.45. The second-order valence-corrected chi connectivity index (χ2v) is 5.23. The van der Waals surface area contributed by atoms with Crippen molar-refractivity contribution < 1.29 is 9.84 Å². The molecule has 0 aliphatic rings. The minimum absolute atomic E-state index is 0.449. The molecule has 0 aromatic carbocycles. The number of nitrogens with one attached hydrogen (secondary N) is 1. The van der Waals surface area contributed by atoms with Crippen molar-refractivity contribution in [2.24, 2.45) is 0 Å². The minimum Gasteiger partial charge on any atom is -0.364 e. The van der Waals surface area contributed by atoms with Gasteiger partial charge >= 0.3 is 0 Å². The molecule has 2 heterocycles.